The number of thiazole rings is 1. The molecule has 0 aromatic carbocycles. The van der Waals surface area contributed by atoms with Gasteiger partial charge in [-0.3, -0.25) is 4.98 Å². The number of rotatable bonds is 5. The van der Waals surface area contributed by atoms with E-state index in [4.69, 9.17) is 0 Å². The van der Waals surface area contributed by atoms with Gasteiger partial charge < -0.3 is 10.0 Å². The van der Waals surface area contributed by atoms with Crippen LogP contribution in [0.3, 0.4) is 0 Å². The Kier molecular flexibility index (Phi) is 3.40. The molecular weight excluding hydrogens is 274 g/mol. The van der Waals surface area contributed by atoms with Crippen LogP contribution in [0, 0.1) is 0 Å². The molecule has 1 aliphatic carbocycles. The average molecular weight is 289 g/mol. The van der Waals surface area contributed by atoms with Crippen LogP contribution in [0.1, 0.15) is 39.7 Å². The quantitative estimate of drug-likeness (QED) is 0.916. The van der Waals surface area contributed by atoms with Crippen LogP contribution >= 0.6 is 11.3 Å². The van der Waals surface area contributed by atoms with Crippen molar-refractivity contribution in [1.29, 1.82) is 0 Å². The van der Waals surface area contributed by atoms with Crippen molar-refractivity contribution < 1.29 is 9.90 Å². The van der Waals surface area contributed by atoms with E-state index in [1.165, 1.54) is 11.3 Å². The molecule has 1 N–H and O–H groups in total. The van der Waals surface area contributed by atoms with Gasteiger partial charge in [-0.2, -0.15) is 0 Å². The maximum Gasteiger partial charge on any atom is 0.347 e. The molecule has 0 saturated heterocycles. The highest BCUT2D eigenvalue weighted by molar-refractivity contribution is 7.17. The van der Waals surface area contributed by atoms with Crippen molar-refractivity contribution in [3.8, 4) is 0 Å². The van der Waals surface area contributed by atoms with Crippen molar-refractivity contribution >= 4 is 22.4 Å². The molecule has 2 aromatic heterocycles. The largest absolute Gasteiger partial charge is 0.477 e. The first kappa shape index (κ1) is 13.1. The van der Waals surface area contributed by atoms with Gasteiger partial charge in [0.05, 0.1) is 5.69 Å². The molecule has 5 nitrogen and oxygen atoms in total. The highest BCUT2D eigenvalue weighted by Crippen LogP contribution is 2.44. The van der Waals surface area contributed by atoms with Gasteiger partial charge >= 0.3 is 5.97 Å². The van der Waals surface area contributed by atoms with Crippen LogP contribution in [0.4, 0.5) is 5.13 Å². The average Bonchev–Trinajstić information content (AvgIpc) is 3.18. The third-order valence-corrected chi connectivity index (χ3v) is 4.44. The lowest BCUT2D eigenvalue weighted by molar-refractivity contribution is 0.0700. The van der Waals surface area contributed by atoms with E-state index in [-0.39, 0.29) is 0 Å². The number of hydrogen-bond acceptors (Lipinski definition) is 5. The number of aromatic carboxylic acids is 1. The molecule has 104 valence electrons. The lowest BCUT2D eigenvalue weighted by Crippen LogP contribution is -2.16. The first-order chi connectivity index (χ1) is 9.65. The molecule has 0 radical (unpaired) electrons. The molecule has 0 bridgehead atoms. The molecule has 0 amide bonds. The fraction of sp³-hybridized carbons (Fsp3) is 0.357. The number of carboxylic acid groups (broad SMARTS) is 1. The van der Waals surface area contributed by atoms with Crippen LogP contribution in [0.15, 0.2) is 24.5 Å². The molecular formula is C14H15N3O2S. The zero-order valence-electron chi connectivity index (χ0n) is 11.1. The Morgan fingerprint density at radius 2 is 2.35 bits per heavy atom. The standard InChI is InChI=1S/C14H15N3O2S/c1-17(8-9-3-2-6-15-7-9)14-16-11(10-4-5-10)12(20-14)13(18)19/h2-3,6-7,10H,4-5,8H2,1H3,(H,18,19). The van der Waals surface area contributed by atoms with Gasteiger partial charge in [-0.15, -0.1) is 0 Å². The van der Waals surface area contributed by atoms with E-state index in [1.807, 2.05) is 30.3 Å². The van der Waals surface area contributed by atoms with Gasteiger partial charge in [0.1, 0.15) is 4.88 Å². The van der Waals surface area contributed by atoms with Gasteiger partial charge in [-0.25, -0.2) is 9.78 Å². The van der Waals surface area contributed by atoms with Crippen LogP contribution in [-0.2, 0) is 6.54 Å². The summed E-state index contributed by atoms with van der Waals surface area (Å²) in [5.74, 6) is -0.525. The molecule has 20 heavy (non-hydrogen) atoms. The smallest absolute Gasteiger partial charge is 0.347 e. The van der Waals surface area contributed by atoms with Crippen molar-refractivity contribution in [1.82, 2.24) is 9.97 Å². The first-order valence-corrected chi connectivity index (χ1v) is 7.31. The summed E-state index contributed by atoms with van der Waals surface area (Å²) in [5.41, 5.74) is 1.84. The second-order valence-electron chi connectivity index (χ2n) is 5.01. The second-order valence-corrected chi connectivity index (χ2v) is 5.99. The van der Waals surface area contributed by atoms with Crippen LogP contribution in [0.25, 0.3) is 0 Å². The predicted molar refractivity (Wildman–Crippen MR) is 77.4 cm³/mol. The maximum absolute atomic E-state index is 11.3. The number of carbonyl (C=O) groups is 1. The highest BCUT2D eigenvalue weighted by atomic mass is 32.1. The van der Waals surface area contributed by atoms with Crippen molar-refractivity contribution in [3.63, 3.8) is 0 Å². The summed E-state index contributed by atoms with van der Waals surface area (Å²) < 4.78 is 0. The minimum Gasteiger partial charge on any atom is -0.477 e. The zero-order chi connectivity index (χ0) is 14.1. The second kappa shape index (κ2) is 5.20. The number of carboxylic acids is 1. The van der Waals surface area contributed by atoms with Gasteiger partial charge in [0.2, 0.25) is 0 Å². The summed E-state index contributed by atoms with van der Waals surface area (Å²) in [6.45, 7) is 0.671. The minimum atomic E-state index is -0.870. The maximum atomic E-state index is 11.3. The number of anilines is 1. The Labute approximate surface area is 120 Å². The zero-order valence-corrected chi connectivity index (χ0v) is 11.9. The van der Waals surface area contributed by atoms with E-state index in [0.717, 1.165) is 29.2 Å². The van der Waals surface area contributed by atoms with Crippen LogP contribution in [0.5, 0.6) is 0 Å². The van der Waals surface area contributed by atoms with Crippen molar-refractivity contribution in [3.05, 3.63) is 40.7 Å². The Balaban J connectivity index is 1.82. The Morgan fingerprint density at radius 3 is 2.95 bits per heavy atom. The van der Waals surface area contributed by atoms with Crippen molar-refractivity contribution in [2.75, 3.05) is 11.9 Å². The minimum absolute atomic E-state index is 0.345. The monoisotopic (exact) mass is 289 g/mol. The highest BCUT2D eigenvalue weighted by Gasteiger charge is 2.32. The predicted octanol–water partition coefficient (Wildman–Crippen LogP) is 2.75. The van der Waals surface area contributed by atoms with Crippen LogP contribution in [-0.4, -0.2) is 28.1 Å². The van der Waals surface area contributed by atoms with Gasteiger partial charge in [-0.05, 0) is 24.5 Å². The lowest BCUT2D eigenvalue weighted by atomic mass is 10.2. The van der Waals surface area contributed by atoms with E-state index in [0.29, 0.717) is 17.3 Å². The molecule has 3 rings (SSSR count). The third kappa shape index (κ3) is 2.65. The third-order valence-electron chi connectivity index (χ3n) is 3.27. The van der Waals surface area contributed by atoms with E-state index >= 15 is 0 Å². The van der Waals surface area contributed by atoms with E-state index in [9.17, 15) is 9.90 Å². The Hall–Kier alpha value is -1.95. The molecule has 6 heteroatoms. The number of aromatic nitrogens is 2. The van der Waals surface area contributed by atoms with Gasteiger partial charge in [0.15, 0.2) is 5.13 Å². The molecule has 1 saturated carbocycles. The first-order valence-electron chi connectivity index (χ1n) is 6.49. The normalized spacial score (nSPS) is 14.2. The van der Waals surface area contributed by atoms with Crippen molar-refractivity contribution in [2.45, 2.75) is 25.3 Å². The SMILES string of the molecule is CN(Cc1cccnc1)c1nc(C2CC2)c(C(=O)O)s1. The fourth-order valence-corrected chi connectivity index (χ4v) is 3.05. The fourth-order valence-electron chi connectivity index (χ4n) is 2.10. The molecule has 0 spiro atoms. The van der Waals surface area contributed by atoms with Crippen molar-refractivity contribution in [2.24, 2.45) is 0 Å². The van der Waals surface area contributed by atoms with E-state index < -0.39 is 5.97 Å². The lowest BCUT2D eigenvalue weighted by Gasteiger charge is -2.15. The molecule has 1 fully saturated rings. The molecule has 0 unspecified atom stereocenters. The van der Waals surface area contributed by atoms with Crippen LogP contribution < -0.4 is 4.90 Å². The molecule has 0 aliphatic heterocycles. The summed E-state index contributed by atoms with van der Waals surface area (Å²) in [6.07, 6.45) is 5.65. The Morgan fingerprint density at radius 1 is 1.55 bits per heavy atom. The van der Waals surface area contributed by atoms with Gasteiger partial charge in [0, 0.05) is 31.9 Å². The summed E-state index contributed by atoms with van der Waals surface area (Å²) >= 11 is 1.26. The molecule has 0 atom stereocenters. The van der Waals surface area contributed by atoms with E-state index in [1.54, 1.807) is 6.20 Å². The summed E-state index contributed by atoms with van der Waals surface area (Å²) in [7, 11) is 1.92. The summed E-state index contributed by atoms with van der Waals surface area (Å²) in [4.78, 5) is 22.3. The number of nitrogens with zero attached hydrogens (tertiary/aromatic N) is 3. The molecule has 2 heterocycles. The van der Waals surface area contributed by atoms with Gasteiger partial charge in [-0.1, -0.05) is 17.4 Å². The summed E-state index contributed by atoms with van der Waals surface area (Å²) in [5, 5.41) is 10.0. The van der Waals surface area contributed by atoms with E-state index in [2.05, 4.69) is 9.97 Å². The Bertz CT molecular complexity index is 623. The summed E-state index contributed by atoms with van der Waals surface area (Å²) in [6, 6.07) is 3.89. The number of hydrogen-bond donors (Lipinski definition) is 1. The van der Waals surface area contributed by atoms with Gasteiger partial charge in [0.25, 0.3) is 0 Å². The molecule has 2 aromatic rings. The topological polar surface area (TPSA) is 66.3 Å². The molecule has 1 aliphatic rings. The van der Waals surface area contributed by atoms with Crippen LogP contribution in [0.2, 0.25) is 0 Å². The number of pyridine rings is 1.